The summed E-state index contributed by atoms with van der Waals surface area (Å²) in [5.74, 6) is -0.446. The first-order chi connectivity index (χ1) is 8.50. The maximum Gasteiger partial charge on any atom is 0.248 e. The molecule has 0 saturated heterocycles. The summed E-state index contributed by atoms with van der Waals surface area (Å²) in [5.41, 5.74) is 7.12. The molecule has 0 radical (unpaired) electrons. The Labute approximate surface area is 113 Å². The van der Waals surface area contributed by atoms with E-state index in [4.69, 9.17) is 17.3 Å². The Balaban J connectivity index is 1.91. The lowest BCUT2D eigenvalue weighted by molar-refractivity contribution is 0.100. The van der Waals surface area contributed by atoms with Gasteiger partial charge in [-0.25, -0.2) is 0 Å². The largest absolute Gasteiger partial charge is 0.366 e. The number of carbonyl (C=O) groups is 1. The fourth-order valence-electron chi connectivity index (χ4n) is 2.30. The van der Waals surface area contributed by atoms with Crippen LogP contribution in [-0.2, 0) is 6.54 Å². The summed E-state index contributed by atoms with van der Waals surface area (Å²) < 4.78 is 0. The number of hydrogen-bond acceptors (Lipinski definition) is 2. The Kier molecular flexibility index (Phi) is 3.93. The molecule has 0 atom stereocenters. The molecule has 0 heterocycles. The van der Waals surface area contributed by atoms with Crippen molar-refractivity contribution in [3.8, 4) is 0 Å². The average molecular weight is 267 g/mol. The number of hydrogen-bond donors (Lipinski definition) is 2. The molecular weight excluding hydrogens is 248 g/mol. The Morgan fingerprint density at radius 2 is 2.22 bits per heavy atom. The second-order valence-electron chi connectivity index (χ2n) is 5.44. The lowest BCUT2D eigenvalue weighted by Gasteiger charge is -2.38. The minimum Gasteiger partial charge on any atom is -0.366 e. The van der Waals surface area contributed by atoms with E-state index >= 15 is 0 Å². The molecular formula is C14H19ClN2O. The van der Waals surface area contributed by atoms with Gasteiger partial charge in [-0.05, 0) is 36.0 Å². The molecule has 0 aromatic heterocycles. The average Bonchev–Trinajstić information content (AvgIpc) is 2.28. The van der Waals surface area contributed by atoms with Gasteiger partial charge in [-0.15, -0.1) is 0 Å². The van der Waals surface area contributed by atoms with Gasteiger partial charge in [-0.2, -0.15) is 0 Å². The molecule has 1 aromatic carbocycles. The van der Waals surface area contributed by atoms with Crippen LogP contribution >= 0.6 is 11.6 Å². The summed E-state index contributed by atoms with van der Waals surface area (Å²) in [7, 11) is 0. The number of primary amides is 1. The van der Waals surface area contributed by atoms with Gasteiger partial charge in [-0.3, -0.25) is 4.79 Å². The minimum atomic E-state index is -0.446. The Morgan fingerprint density at radius 1 is 1.50 bits per heavy atom. The second kappa shape index (κ2) is 5.29. The molecule has 1 aromatic rings. The predicted molar refractivity (Wildman–Crippen MR) is 73.6 cm³/mol. The smallest absolute Gasteiger partial charge is 0.248 e. The molecule has 0 bridgehead atoms. The van der Waals surface area contributed by atoms with Crippen LogP contribution in [0.25, 0.3) is 0 Å². The van der Waals surface area contributed by atoms with Gasteiger partial charge in [0, 0.05) is 23.7 Å². The van der Waals surface area contributed by atoms with Crippen LogP contribution in [0.4, 0.5) is 0 Å². The van der Waals surface area contributed by atoms with Crippen LogP contribution in [0.2, 0.25) is 5.02 Å². The monoisotopic (exact) mass is 266 g/mol. The lowest BCUT2D eigenvalue weighted by atomic mass is 9.70. The third-order valence-corrected chi connectivity index (χ3v) is 4.12. The Bertz CT molecular complexity index is 455. The molecule has 3 N–H and O–H groups in total. The van der Waals surface area contributed by atoms with Crippen molar-refractivity contribution in [3.05, 3.63) is 34.3 Å². The SMILES string of the molecule is CC1(CNCc2ccc(C(N)=O)cc2Cl)CCC1. The van der Waals surface area contributed by atoms with Crippen molar-refractivity contribution < 1.29 is 4.79 Å². The van der Waals surface area contributed by atoms with Crippen LogP contribution in [0.3, 0.4) is 0 Å². The molecule has 1 saturated carbocycles. The van der Waals surface area contributed by atoms with Crippen LogP contribution < -0.4 is 11.1 Å². The van der Waals surface area contributed by atoms with Gasteiger partial charge in [0.1, 0.15) is 0 Å². The predicted octanol–water partition coefficient (Wildman–Crippen LogP) is 2.72. The Hall–Kier alpha value is -1.06. The van der Waals surface area contributed by atoms with Crippen molar-refractivity contribution in [3.63, 3.8) is 0 Å². The molecule has 98 valence electrons. The second-order valence-corrected chi connectivity index (χ2v) is 5.85. The zero-order chi connectivity index (χ0) is 13.2. The maximum atomic E-state index is 11.0. The highest BCUT2D eigenvalue weighted by atomic mass is 35.5. The number of nitrogens with one attached hydrogen (secondary N) is 1. The summed E-state index contributed by atoms with van der Waals surface area (Å²) in [6.45, 7) is 4.05. The molecule has 1 aliphatic rings. The maximum absolute atomic E-state index is 11.0. The first-order valence-corrected chi connectivity index (χ1v) is 6.67. The van der Waals surface area contributed by atoms with Crippen LogP contribution in [0.15, 0.2) is 18.2 Å². The molecule has 1 aliphatic carbocycles. The molecule has 3 nitrogen and oxygen atoms in total. The van der Waals surface area contributed by atoms with Gasteiger partial charge in [0.15, 0.2) is 0 Å². The first-order valence-electron chi connectivity index (χ1n) is 6.29. The third-order valence-electron chi connectivity index (χ3n) is 3.77. The normalized spacial score (nSPS) is 17.2. The number of rotatable bonds is 5. The van der Waals surface area contributed by atoms with Crippen molar-refractivity contribution in [1.82, 2.24) is 5.32 Å². The van der Waals surface area contributed by atoms with Crippen molar-refractivity contribution in [2.75, 3.05) is 6.54 Å². The number of carbonyl (C=O) groups excluding carboxylic acids is 1. The zero-order valence-electron chi connectivity index (χ0n) is 10.6. The third kappa shape index (κ3) is 3.03. The van der Waals surface area contributed by atoms with Gasteiger partial charge >= 0.3 is 0 Å². The first kappa shape index (κ1) is 13.4. The van der Waals surface area contributed by atoms with E-state index in [0.29, 0.717) is 16.0 Å². The molecule has 1 amide bonds. The van der Waals surface area contributed by atoms with E-state index in [1.54, 1.807) is 12.1 Å². The molecule has 0 aliphatic heterocycles. The lowest BCUT2D eigenvalue weighted by Crippen LogP contribution is -2.37. The van der Waals surface area contributed by atoms with E-state index in [-0.39, 0.29) is 0 Å². The van der Waals surface area contributed by atoms with Crippen molar-refractivity contribution in [1.29, 1.82) is 0 Å². The van der Waals surface area contributed by atoms with E-state index in [1.807, 2.05) is 6.07 Å². The molecule has 0 spiro atoms. The van der Waals surface area contributed by atoms with Gasteiger partial charge in [0.25, 0.3) is 0 Å². The van der Waals surface area contributed by atoms with E-state index < -0.39 is 5.91 Å². The highest BCUT2D eigenvalue weighted by molar-refractivity contribution is 6.31. The highest BCUT2D eigenvalue weighted by Crippen LogP contribution is 2.39. The summed E-state index contributed by atoms with van der Waals surface area (Å²) in [6.07, 6.45) is 3.94. The topological polar surface area (TPSA) is 55.1 Å². The standard InChI is InChI=1S/C14H19ClN2O/c1-14(5-2-6-14)9-17-8-11-4-3-10(13(16)18)7-12(11)15/h3-4,7,17H,2,5-6,8-9H2,1H3,(H2,16,18). The number of nitrogens with two attached hydrogens (primary N) is 1. The summed E-state index contributed by atoms with van der Waals surface area (Å²) in [6, 6.07) is 5.21. The minimum absolute atomic E-state index is 0.446. The zero-order valence-corrected chi connectivity index (χ0v) is 11.4. The van der Waals surface area contributed by atoms with Gasteiger partial charge in [0.05, 0.1) is 0 Å². The van der Waals surface area contributed by atoms with Crippen molar-refractivity contribution >= 4 is 17.5 Å². The van der Waals surface area contributed by atoms with Crippen LogP contribution in [0.5, 0.6) is 0 Å². The number of amides is 1. The van der Waals surface area contributed by atoms with E-state index in [9.17, 15) is 4.79 Å². The van der Waals surface area contributed by atoms with Gasteiger partial charge in [0.2, 0.25) is 5.91 Å². The molecule has 1 fully saturated rings. The van der Waals surface area contributed by atoms with Crippen molar-refractivity contribution in [2.24, 2.45) is 11.1 Å². The number of benzene rings is 1. The molecule has 2 rings (SSSR count). The Morgan fingerprint density at radius 3 is 2.72 bits per heavy atom. The van der Waals surface area contributed by atoms with E-state index in [2.05, 4.69) is 12.2 Å². The van der Waals surface area contributed by atoms with Crippen LogP contribution in [0.1, 0.15) is 42.1 Å². The van der Waals surface area contributed by atoms with Gasteiger partial charge < -0.3 is 11.1 Å². The van der Waals surface area contributed by atoms with Crippen LogP contribution in [-0.4, -0.2) is 12.5 Å². The van der Waals surface area contributed by atoms with E-state index in [1.165, 1.54) is 19.3 Å². The van der Waals surface area contributed by atoms with Crippen molar-refractivity contribution in [2.45, 2.75) is 32.7 Å². The summed E-state index contributed by atoms with van der Waals surface area (Å²) in [4.78, 5) is 11.0. The fourth-order valence-corrected chi connectivity index (χ4v) is 2.55. The number of halogens is 1. The summed E-state index contributed by atoms with van der Waals surface area (Å²) in [5, 5.41) is 4.03. The molecule has 18 heavy (non-hydrogen) atoms. The molecule has 0 unspecified atom stereocenters. The van der Waals surface area contributed by atoms with Crippen LogP contribution in [0, 0.1) is 5.41 Å². The fraction of sp³-hybridized carbons (Fsp3) is 0.500. The van der Waals surface area contributed by atoms with E-state index in [0.717, 1.165) is 18.7 Å². The molecule has 4 heteroatoms. The highest BCUT2D eigenvalue weighted by Gasteiger charge is 2.30. The summed E-state index contributed by atoms with van der Waals surface area (Å²) >= 11 is 6.12. The quantitative estimate of drug-likeness (QED) is 0.861. The van der Waals surface area contributed by atoms with Gasteiger partial charge in [-0.1, -0.05) is 31.0 Å².